The molecule has 0 aliphatic heterocycles. The molecule has 1 aliphatic rings. The summed E-state index contributed by atoms with van der Waals surface area (Å²) in [5, 5.41) is 9.88. The molecule has 0 saturated heterocycles. The molecule has 0 radical (unpaired) electrons. The molecule has 4 rings (SSSR count). The van der Waals surface area contributed by atoms with Crippen molar-refractivity contribution in [3.05, 3.63) is 65.7 Å². The summed E-state index contributed by atoms with van der Waals surface area (Å²) < 4.78 is 2.16. The zero-order chi connectivity index (χ0) is 21.1. The van der Waals surface area contributed by atoms with Crippen molar-refractivity contribution in [3.8, 4) is 11.4 Å². The summed E-state index contributed by atoms with van der Waals surface area (Å²) in [5.41, 5.74) is 3.65. The number of thioether (sulfide) groups is 1. The normalized spacial score (nSPS) is 17.3. The van der Waals surface area contributed by atoms with Crippen LogP contribution in [0, 0.1) is 0 Å². The summed E-state index contributed by atoms with van der Waals surface area (Å²) in [6.07, 6.45) is 3.73. The molecule has 1 atom stereocenters. The van der Waals surface area contributed by atoms with Crippen molar-refractivity contribution in [2.24, 2.45) is 0 Å². The first-order valence-electron chi connectivity index (χ1n) is 10.7. The Kier molecular flexibility index (Phi) is 6.09. The molecule has 156 valence electrons. The van der Waals surface area contributed by atoms with Gasteiger partial charge in [-0.15, -0.1) is 10.2 Å². The van der Waals surface area contributed by atoms with Crippen molar-refractivity contribution >= 4 is 17.5 Å². The molecule has 1 saturated carbocycles. The number of carbonyl (C=O) groups excluding carboxylic acids is 1. The number of aromatic nitrogens is 3. The summed E-state index contributed by atoms with van der Waals surface area (Å²) in [6.45, 7) is 7.34. The Morgan fingerprint density at radius 2 is 1.73 bits per heavy atom. The van der Waals surface area contributed by atoms with Gasteiger partial charge in [-0.1, -0.05) is 93.6 Å². The number of carbonyl (C=O) groups is 1. The molecule has 0 amide bonds. The molecule has 1 fully saturated rings. The number of rotatable bonds is 5. The van der Waals surface area contributed by atoms with Crippen LogP contribution in [0.5, 0.6) is 0 Å². The molecule has 2 aromatic carbocycles. The minimum Gasteiger partial charge on any atom is -0.298 e. The molecular formula is C25H29N3OS. The molecule has 3 aromatic rings. The van der Waals surface area contributed by atoms with Gasteiger partial charge in [-0.3, -0.25) is 9.36 Å². The fraction of sp³-hybridized carbons (Fsp3) is 0.400. The summed E-state index contributed by atoms with van der Waals surface area (Å²) in [5.74, 6) is 1.20. The molecule has 0 unspecified atom stereocenters. The maximum absolute atomic E-state index is 12.4. The number of Topliss-reactive ketones (excluding diaryl/α,β-unsaturated/α-hetero) is 1. The van der Waals surface area contributed by atoms with E-state index in [4.69, 9.17) is 0 Å². The topological polar surface area (TPSA) is 47.8 Å². The van der Waals surface area contributed by atoms with Crippen LogP contribution in [0.4, 0.5) is 0 Å². The van der Waals surface area contributed by atoms with E-state index in [-0.39, 0.29) is 10.7 Å². The van der Waals surface area contributed by atoms with E-state index in [0.29, 0.717) is 18.7 Å². The number of nitrogens with zero attached hydrogens (tertiary/aromatic N) is 3. The molecule has 1 aliphatic carbocycles. The van der Waals surface area contributed by atoms with Crippen LogP contribution in [0.1, 0.15) is 57.6 Å². The van der Waals surface area contributed by atoms with Gasteiger partial charge in [-0.2, -0.15) is 0 Å². The van der Waals surface area contributed by atoms with E-state index in [1.807, 2.05) is 6.07 Å². The van der Waals surface area contributed by atoms with Gasteiger partial charge in [0.05, 0.1) is 11.8 Å². The maximum Gasteiger partial charge on any atom is 0.192 e. The van der Waals surface area contributed by atoms with Gasteiger partial charge in [-0.25, -0.2) is 0 Å². The zero-order valence-corrected chi connectivity index (χ0v) is 18.8. The molecule has 30 heavy (non-hydrogen) atoms. The summed E-state index contributed by atoms with van der Waals surface area (Å²) in [6, 6.07) is 19.0. The Hall–Kier alpha value is -2.40. The van der Waals surface area contributed by atoms with Gasteiger partial charge in [0, 0.05) is 12.0 Å². The van der Waals surface area contributed by atoms with E-state index < -0.39 is 0 Å². The number of benzene rings is 2. The van der Waals surface area contributed by atoms with Crippen molar-refractivity contribution in [2.45, 2.75) is 68.8 Å². The van der Waals surface area contributed by atoms with E-state index in [9.17, 15) is 4.79 Å². The number of hydrogen-bond donors (Lipinski definition) is 0. The van der Waals surface area contributed by atoms with Crippen LogP contribution in [0.3, 0.4) is 0 Å². The second-order valence-electron chi connectivity index (χ2n) is 9.02. The second kappa shape index (κ2) is 8.76. The van der Waals surface area contributed by atoms with Gasteiger partial charge in [0.1, 0.15) is 5.78 Å². The van der Waals surface area contributed by atoms with E-state index in [1.54, 1.807) is 11.8 Å². The van der Waals surface area contributed by atoms with Crippen molar-refractivity contribution in [1.29, 1.82) is 0 Å². The SMILES string of the molecule is CC(C)(C)c1ccc(-c2nnc(S[C@@H]3CCCCC3=O)n2Cc2ccccc2)cc1. The highest BCUT2D eigenvalue weighted by atomic mass is 32.2. The van der Waals surface area contributed by atoms with E-state index in [0.717, 1.165) is 35.8 Å². The summed E-state index contributed by atoms with van der Waals surface area (Å²) >= 11 is 1.58. The molecule has 0 spiro atoms. The van der Waals surface area contributed by atoms with Crippen LogP contribution >= 0.6 is 11.8 Å². The third kappa shape index (κ3) is 4.67. The highest BCUT2D eigenvalue weighted by Crippen LogP contribution is 2.33. The fourth-order valence-corrected chi connectivity index (χ4v) is 4.97. The third-order valence-corrected chi connectivity index (χ3v) is 6.95. The van der Waals surface area contributed by atoms with Gasteiger partial charge in [0.15, 0.2) is 11.0 Å². The quantitative estimate of drug-likeness (QED) is 0.517. The Morgan fingerprint density at radius 1 is 1.00 bits per heavy atom. The van der Waals surface area contributed by atoms with Crippen molar-refractivity contribution in [1.82, 2.24) is 14.8 Å². The maximum atomic E-state index is 12.4. The van der Waals surface area contributed by atoms with Gasteiger partial charge < -0.3 is 0 Å². The lowest BCUT2D eigenvalue weighted by molar-refractivity contribution is -0.119. The average molecular weight is 420 g/mol. The Labute approximate surface area is 183 Å². The Bertz CT molecular complexity index is 1000. The Morgan fingerprint density at radius 3 is 2.40 bits per heavy atom. The number of hydrogen-bond acceptors (Lipinski definition) is 4. The largest absolute Gasteiger partial charge is 0.298 e. The van der Waals surface area contributed by atoms with Crippen molar-refractivity contribution in [2.75, 3.05) is 0 Å². The van der Waals surface area contributed by atoms with E-state index in [2.05, 4.69) is 84.1 Å². The molecule has 5 heteroatoms. The zero-order valence-electron chi connectivity index (χ0n) is 18.0. The smallest absolute Gasteiger partial charge is 0.192 e. The highest BCUT2D eigenvalue weighted by molar-refractivity contribution is 8.00. The van der Waals surface area contributed by atoms with Crippen LogP contribution in [0.2, 0.25) is 0 Å². The van der Waals surface area contributed by atoms with Crippen LogP contribution in [0.15, 0.2) is 59.8 Å². The minimum atomic E-state index is -0.00594. The summed E-state index contributed by atoms with van der Waals surface area (Å²) in [4.78, 5) is 12.4. The predicted octanol–water partition coefficient (Wildman–Crippen LogP) is 5.89. The lowest BCUT2D eigenvalue weighted by atomic mass is 9.87. The standard InChI is InChI=1S/C25H29N3OS/c1-25(2,3)20-15-13-19(14-16-20)23-26-27-24(30-22-12-8-7-11-21(22)29)28(23)17-18-9-5-4-6-10-18/h4-6,9-10,13-16,22H,7-8,11-12,17H2,1-3H3/t22-/m1/s1. The summed E-state index contributed by atoms with van der Waals surface area (Å²) in [7, 11) is 0. The molecule has 4 nitrogen and oxygen atoms in total. The van der Waals surface area contributed by atoms with E-state index >= 15 is 0 Å². The third-order valence-electron chi connectivity index (χ3n) is 5.66. The first-order valence-corrected chi connectivity index (χ1v) is 11.6. The molecule has 1 heterocycles. The number of ketones is 1. The van der Waals surface area contributed by atoms with Crippen LogP contribution < -0.4 is 0 Å². The van der Waals surface area contributed by atoms with Crippen molar-refractivity contribution < 1.29 is 4.79 Å². The monoisotopic (exact) mass is 419 g/mol. The van der Waals surface area contributed by atoms with Crippen LogP contribution in [-0.2, 0) is 16.8 Å². The average Bonchev–Trinajstić information content (AvgIpc) is 3.12. The van der Waals surface area contributed by atoms with Crippen LogP contribution in [-0.4, -0.2) is 25.8 Å². The molecule has 0 N–H and O–H groups in total. The van der Waals surface area contributed by atoms with Gasteiger partial charge in [0.25, 0.3) is 0 Å². The van der Waals surface area contributed by atoms with Gasteiger partial charge in [-0.05, 0) is 29.4 Å². The van der Waals surface area contributed by atoms with Gasteiger partial charge >= 0.3 is 0 Å². The minimum absolute atomic E-state index is 0.00594. The highest BCUT2D eigenvalue weighted by Gasteiger charge is 2.26. The fourth-order valence-electron chi connectivity index (χ4n) is 3.82. The molecular weight excluding hydrogens is 390 g/mol. The first-order chi connectivity index (χ1) is 14.4. The lowest BCUT2D eigenvalue weighted by Crippen LogP contribution is -2.22. The van der Waals surface area contributed by atoms with Crippen LogP contribution in [0.25, 0.3) is 11.4 Å². The predicted molar refractivity (Wildman–Crippen MR) is 123 cm³/mol. The second-order valence-corrected chi connectivity index (χ2v) is 10.2. The first kappa shape index (κ1) is 20.9. The molecule has 0 bridgehead atoms. The van der Waals surface area contributed by atoms with Crippen molar-refractivity contribution in [3.63, 3.8) is 0 Å². The van der Waals surface area contributed by atoms with Gasteiger partial charge in [0.2, 0.25) is 0 Å². The Balaban J connectivity index is 1.69. The lowest BCUT2D eigenvalue weighted by Gasteiger charge is -2.20. The van der Waals surface area contributed by atoms with E-state index in [1.165, 1.54) is 11.1 Å². The molecule has 1 aromatic heterocycles.